The lowest BCUT2D eigenvalue weighted by Gasteiger charge is -2.11. The summed E-state index contributed by atoms with van der Waals surface area (Å²) in [6.07, 6.45) is 0.882. The molecular weight excluding hydrogens is 344 g/mol. The number of hydrogen-bond acceptors (Lipinski definition) is 3. The number of carbonyl (C=O) groups excluding carboxylic acids is 1. The minimum atomic E-state index is 0.0202. The zero-order valence-corrected chi connectivity index (χ0v) is 12.1. The van der Waals surface area contributed by atoms with Gasteiger partial charge in [-0.1, -0.05) is 0 Å². The quantitative estimate of drug-likeness (QED) is 0.754. The maximum absolute atomic E-state index is 12.2. The molecule has 0 N–H and O–H groups in total. The van der Waals surface area contributed by atoms with Gasteiger partial charge in [-0.15, -0.1) is 11.3 Å². The van der Waals surface area contributed by atoms with Crippen molar-refractivity contribution in [2.24, 2.45) is 5.92 Å². The number of thiophene rings is 1. The highest BCUT2D eigenvalue weighted by Gasteiger charge is 2.33. The fourth-order valence-electron chi connectivity index (χ4n) is 1.73. The van der Waals surface area contributed by atoms with E-state index in [0.717, 1.165) is 20.2 Å². The van der Waals surface area contributed by atoms with E-state index in [1.165, 1.54) is 11.3 Å². The molecule has 0 amide bonds. The van der Waals surface area contributed by atoms with Crippen molar-refractivity contribution in [1.29, 1.82) is 0 Å². The number of ketones is 1. The molecule has 1 aromatic heterocycles. The van der Waals surface area contributed by atoms with Gasteiger partial charge in [0.2, 0.25) is 0 Å². The van der Waals surface area contributed by atoms with Gasteiger partial charge in [0.15, 0.2) is 5.78 Å². The van der Waals surface area contributed by atoms with Crippen molar-refractivity contribution in [3.63, 3.8) is 0 Å². The van der Waals surface area contributed by atoms with Crippen LogP contribution in [0.2, 0.25) is 0 Å². The average molecular weight is 354 g/mol. The summed E-state index contributed by atoms with van der Waals surface area (Å²) in [5.41, 5.74) is 0. The minimum Gasteiger partial charge on any atom is -0.378 e. The maximum atomic E-state index is 12.2. The van der Waals surface area contributed by atoms with Crippen molar-refractivity contribution in [3.8, 4) is 0 Å². The monoisotopic (exact) mass is 352 g/mol. The molecule has 1 fully saturated rings. The Labute approximate surface area is 109 Å². The van der Waals surface area contributed by atoms with E-state index in [1.54, 1.807) is 0 Å². The van der Waals surface area contributed by atoms with E-state index in [2.05, 4.69) is 31.9 Å². The van der Waals surface area contributed by atoms with E-state index in [-0.39, 0.29) is 17.8 Å². The molecule has 15 heavy (non-hydrogen) atoms. The predicted molar refractivity (Wildman–Crippen MR) is 67.6 cm³/mol. The Kier molecular flexibility index (Phi) is 3.65. The molecular formula is C10H10Br2O2S. The third kappa shape index (κ3) is 2.20. The summed E-state index contributed by atoms with van der Waals surface area (Å²) in [7, 11) is 0. The van der Waals surface area contributed by atoms with Gasteiger partial charge in [-0.2, -0.15) is 0 Å². The van der Waals surface area contributed by atoms with Gasteiger partial charge in [-0.25, -0.2) is 0 Å². The molecule has 1 aromatic rings. The second-order valence-electron chi connectivity index (χ2n) is 3.56. The highest BCUT2D eigenvalue weighted by atomic mass is 79.9. The number of rotatable bonds is 2. The molecule has 82 valence electrons. The molecule has 1 saturated heterocycles. The molecule has 2 heterocycles. The van der Waals surface area contributed by atoms with Crippen LogP contribution in [0.4, 0.5) is 0 Å². The zero-order chi connectivity index (χ0) is 11.0. The Morgan fingerprint density at radius 2 is 2.33 bits per heavy atom. The molecule has 0 spiro atoms. The summed E-state index contributed by atoms with van der Waals surface area (Å²) in [6.45, 7) is 2.66. The lowest BCUT2D eigenvalue weighted by molar-refractivity contribution is 0.0767. The first-order valence-corrected chi connectivity index (χ1v) is 7.16. The van der Waals surface area contributed by atoms with Crippen molar-refractivity contribution in [2.45, 2.75) is 19.4 Å². The Hall–Kier alpha value is 0.290. The average Bonchev–Trinajstić information content (AvgIpc) is 2.75. The van der Waals surface area contributed by atoms with E-state index in [4.69, 9.17) is 4.74 Å². The van der Waals surface area contributed by atoms with Gasteiger partial charge in [0.05, 0.1) is 21.4 Å². The first-order valence-electron chi connectivity index (χ1n) is 4.69. The molecule has 5 heteroatoms. The molecule has 0 saturated carbocycles. The number of Topliss-reactive ketones (excluding diaryl/α,β-unsaturated/α-hetero) is 1. The van der Waals surface area contributed by atoms with Crippen LogP contribution in [0, 0.1) is 5.92 Å². The first-order chi connectivity index (χ1) is 7.11. The highest BCUT2D eigenvalue weighted by molar-refractivity contribution is 9.13. The van der Waals surface area contributed by atoms with Crippen molar-refractivity contribution >= 4 is 49.0 Å². The lowest BCUT2D eigenvalue weighted by atomic mass is 9.96. The summed E-state index contributed by atoms with van der Waals surface area (Å²) in [4.78, 5) is 13.0. The van der Waals surface area contributed by atoms with Crippen molar-refractivity contribution in [1.82, 2.24) is 0 Å². The fourth-order valence-corrected chi connectivity index (χ4v) is 3.90. The summed E-state index contributed by atoms with van der Waals surface area (Å²) < 4.78 is 7.23. The third-order valence-corrected chi connectivity index (χ3v) is 6.17. The SMILES string of the molecule is CC1OCCC1C(=O)c1scc(Br)c1Br. The van der Waals surface area contributed by atoms with E-state index >= 15 is 0 Å². The summed E-state index contributed by atoms with van der Waals surface area (Å²) in [6, 6.07) is 0. The second kappa shape index (κ2) is 4.65. The van der Waals surface area contributed by atoms with Crippen molar-refractivity contribution in [2.75, 3.05) is 6.61 Å². The number of carbonyl (C=O) groups is 1. The van der Waals surface area contributed by atoms with E-state index < -0.39 is 0 Å². The van der Waals surface area contributed by atoms with Crippen LogP contribution in [0.1, 0.15) is 23.0 Å². The number of hydrogen-bond donors (Lipinski definition) is 0. The maximum Gasteiger partial charge on any atom is 0.179 e. The molecule has 2 unspecified atom stereocenters. The van der Waals surface area contributed by atoms with Gasteiger partial charge in [0, 0.05) is 16.5 Å². The van der Waals surface area contributed by atoms with E-state index in [9.17, 15) is 4.79 Å². The normalized spacial score (nSPS) is 25.8. The van der Waals surface area contributed by atoms with Crippen LogP contribution in [0.3, 0.4) is 0 Å². The standard InChI is InChI=1S/C10H10Br2O2S/c1-5-6(2-3-14-5)9(13)10-8(12)7(11)4-15-10/h4-6H,2-3H2,1H3. The Morgan fingerprint density at radius 3 is 2.80 bits per heavy atom. The van der Waals surface area contributed by atoms with Crippen LogP contribution >= 0.6 is 43.2 Å². The third-order valence-electron chi connectivity index (χ3n) is 2.63. The van der Waals surface area contributed by atoms with Crippen LogP contribution in [0.5, 0.6) is 0 Å². The van der Waals surface area contributed by atoms with Gasteiger partial charge in [-0.05, 0) is 45.2 Å². The Bertz CT molecular complexity index is 389. The highest BCUT2D eigenvalue weighted by Crippen LogP contribution is 2.36. The predicted octanol–water partition coefficient (Wildman–Crippen LogP) is 3.88. The topological polar surface area (TPSA) is 26.3 Å². The smallest absolute Gasteiger partial charge is 0.179 e. The molecule has 1 aliphatic rings. The van der Waals surface area contributed by atoms with Crippen LogP contribution in [-0.4, -0.2) is 18.5 Å². The first kappa shape index (κ1) is 11.8. The van der Waals surface area contributed by atoms with Gasteiger partial charge in [0.25, 0.3) is 0 Å². The van der Waals surface area contributed by atoms with E-state index in [0.29, 0.717) is 6.61 Å². The van der Waals surface area contributed by atoms with Gasteiger partial charge in [-0.3, -0.25) is 4.79 Å². The van der Waals surface area contributed by atoms with Crippen LogP contribution in [0.25, 0.3) is 0 Å². The zero-order valence-electron chi connectivity index (χ0n) is 8.13. The van der Waals surface area contributed by atoms with E-state index in [1.807, 2.05) is 12.3 Å². The minimum absolute atomic E-state index is 0.0202. The molecule has 2 rings (SSSR count). The fraction of sp³-hybridized carbons (Fsp3) is 0.500. The second-order valence-corrected chi connectivity index (χ2v) is 6.09. The molecule has 2 nitrogen and oxygen atoms in total. The molecule has 2 atom stereocenters. The largest absolute Gasteiger partial charge is 0.378 e. The summed E-state index contributed by atoms with van der Waals surface area (Å²) in [5, 5.41) is 1.93. The van der Waals surface area contributed by atoms with Crippen LogP contribution in [-0.2, 0) is 4.74 Å². The van der Waals surface area contributed by atoms with Gasteiger partial charge in [0.1, 0.15) is 0 Å². The van der Waals surface area contributed by atoms with Gasteiger partial charge >= 0.3 is 0 Å². The van der Waals surface area contributed by atoms with Crippen molar-refractivity contribution < 1.29 is 9.53 Å². The molecule has 0 bridgehead atoms. The van der Waals surface area contributed by atoms with Crippen LogP contribution in [0.15, 0.2) is 14.3 Å². The summed E-state index contributed by atoms with van der Waals surface area (Å²) in [5.74, 6) is 0.217. The Morgan fingerprint density at radius 1 is 1.60 bits per heavy atom. The Balaban J connectivity index is 2.24. The number of ether oxygens (including phenoxy) is 1. The molecule has 0 radical (unpaired) electrons. The lowest BCUT2D eigenvalue weighted by Crippen LogP contribution is -2.21. The molecule has 0 aromatic carbocycles. The summed E-state index contributed by atoms with van der Waals surface area (Å²) >= 11 is 8.28. The van der Waals surface area contributed by atoms with Crippen molar-refractivity contribution in [3.05, 3.63) is 19.2 Å². The molecule has 0 aliphatic carbocycles. The number of halogens is 2. The van der Waals surface area contributed by atoms with Crippen LogP contribution < -0.4 is 0 Å². The molecule has 1 aliphatic heterocycles. The van der Waals surface area contributed by atoms with Gasteiger partial charge < -0.3 is 4.74 Å².